The third-order valence-corrected chi connectivity index (χ3v) is 12.6. The van der Waals surface area contributed by atoms with Gasteiger partial charge < -0.3 is 19.0 Å². The SMILES string of the molecule is CCN1CCN(c2nc(-c3cccc(OC(O[SiH](c4ccccc4)c4ccccc4)C(C)C(C)(C)C)c3)cc3sccc23)CC1. The van der Waals surface area contributed by atoms with Crippen LogP contribution in [0.1, 0.15) is 34.6 Å². The van der Waals surface area contributed by atoms with Crippen LogP contribution in [0.15, 0.2) is 102 Å². The highest BCUT2D eigenvalue weighted by Gasteiger charge is 2.34. The number of fused-ring (bicyclic) bond motifs is 1. The fourth-order valence-corrected chi connectivity index (χ4v) is 9.09. The maximum Gasteiger partial charge on any atom is 0.244 e. The van der Waals surface area contributed by atoms with Crippen LogP contribution in [0, 0.1) is 11.3 Å². The lowest BCUT2D eigenvalue weighted by Crippen LogP contribution is -2.51. The van der Waals surface area contributed by atoms with Gasteiger partial charge in [0.1, 0.15) is 11.6 Å². The van der Waals surface area contributed by atoms with Crippen LogP contribution < -0.4 is 20.0 Å². The molecule has 0 saturated carbocycles. The number of thiophene rings is 1. The van der Waals surface area contributed by atoms with Crippen LogP contribution in [-0.2, 0) is 4.43 Å². The number of likely N-dealkylation sites (N-methyl/N-ethyl adjacent to an activating group) is 1. The van der Waals surface area contributed by atoms with E-state index in [1.54, 1.807) is 11.3 Å². The number of pyridine rings is 1. The average Bonchev–Trinajstić information content (AvgIpc) is 3.55. The summed E-state index contributed by atoms with van der Waals surface area (Å²) in [6.45, 7) is 16.5. The first-order chi connectivity index (χ1) is 21.8. The van der Waals surface area contributed by atoms with Crippen LogP contribution in [0.25, 0.3) is 21.3 Å². The van der Waals surface area contributed by atoms with Crippen molar-refractivity contribution in [1.82, 2.24) is 9.88 Å². The Morgan fingerprint density at radius 3 is 2.13 bits per heavy atom. The molecule has 6 rings (SSSR count). The summed E-state index contributed by atoms with van der Waals surface area (Å²) in [5.74, 6) is 2.03. The zero-order chi connectivity index (χ0) is 31.4. The van der Waals surface area contributed by atoms with Gasteiger partial charge in [0.05, 0.1) is 5.69 Å². The quantitative estimate of drug-likeness (QED) is 0.122. The van der Waals surface area contributed by atoms with Gasteiger partial charge in [0.15, 0.2) is 6.29 Å². The smallest absolute Gasteiger partial charge is 0.244 e. The molecular weight excluding hydrogens is 591 g/mol. The highest BCUT2D eigenvalue weighted by molar-refractivity contribution is 7.17. The molecule has 0 aliphatic carbocycles. The van der Waals surface area contributed by atoms with Crippen LogP contribution in [0.4, 0.5) is 5.82 Å². The Labute approximate surface area is 274 Å². The van der Waals surface area contributed by atoms with Crippen molar-refractivity contribution in [3.05, 3.63) is 102 Å². The molecular formula is C38H45N3O2SSi. The summed E-state index contributed by atoms with van der Waals surface area (Å²) in [7, 11) is -2.05. The molecule has 5 nitrogen and oxygen atoms in total. The van der Waals surface area contributed by atoms with Crippen LogP contribution in [-0.4, -0.2) is 57.9 Å². The molecule has 5 aromatic rings. The molecule has 3 aromatic carbocycles. The van der Waals surface area contributed by atoms with E-state index in [2.05, 4.69) is 141 Å². The number of nitrogens with zero attached hydrogens (tertiary/aromatic N) is 3. The van der Waals surface area contributed by atoms with E-state index in [4.69, 9.17) is 14.1 Å². The molecule has 1 aliphatic rings. The molecule has 2 atom stereocenters. The number of hydrogen-bond acceptors (Lipinski definition) is 6. The van der Waals surface area contributed by atoms with E-state index in [1.165, 1.54) is 20.5 Å². The number of benzene rings is 3. The van der Waals surface area contributed by atoms with Crippen LogP contribution in [0.2, 0.25) is 0 Å². The Morgan fingerprint density at radius 1 is 0.844 bits per heavy atom. The van der Waals surface area contributed by atoms with Crippen molar-refractivity contribution in [3.8, 4) is 17.0 Å². The maximum atomic E-state index is 7.12. The fraction of sp³-hybridized carbons (Fsp3) is 0.342. The van der Waals surface area contributed by atoms with Gasteiger partial charge in [-0.15, -0.1) is 11.3 Å². The maximum absolute atomic E-state index is 7.12. The molecule has 0 radical (unpaired) electrons. The van der Waals surface area contributed by atoms with Crippen LogP contribution >= 0.6 is 11.3 Å². The lowest BCUT2D eigenvalue weighted by atomic mass is 9.82. The van der Waals surface area contributed by atoms with Gasteiger partial charge in [0.2, 0.25) is 9.04 Å². The van der Waals surface area contributed by atoms with E-state index in [1.807, 2.05) is 6.07 Å². The van der Waals surface area contributed by atoms with E-state index >= 15 is 0 Å². The van der Waals surface area contributed by atoms with E-state index in [0.29, 0.717) is 0 Å². The van der Waals surface area contributed by atoms with Crippen molar-refractivity contribution in [2.75, 3.05) is 37.6 Å². The van der Waals surface area contributed by atoms with Gasteiger partial charge in [0, 0.05) is 47.7 Å². The Bertz CT molecular complexity index is 1640. The molecule has 0 bridgehead atoms. The number of anilines is 1. The first-order valence-corrected chi connectivity index (χ1v) is 18.7. The number of piperazine rings is 1. The van der Waals surface area contributed by atoms with Crippen LogP contribution in [0.3, 0.4) is 0 Å². The van der Waals surface area contributed by atoms with E-state index < -0.39 is 15.3 Å². The zero-order valence-corrected chi connectivity index (χ0v) is 29.1. The fourth-order valence-electron chi connectivity index (χ4n) is 5.87. The first-order valence-electron chi connectivity index (χ1n) is 16.2. The molecule has 234 valence electrons. The second-order valence-corrected chi connectivity index (χ2v) is 16.4. The standard InChI is InChI=1S/C38H45N3O2SSi/c1-6-40-21-23-41(24-22-40)36-33-20-25-44-35(33)27-34(39-36)29-14-13-15-30(26-29)42-37(28(2)38(3,4)5)43-45(31-16-9-7-10-17-31)32-18-11-8-12-19-32/h7-20,25-28,37,45H,6,21-24H2,1-5H3. The largest absolute Gasteiger partial charge is 0.466 e. The third-order valence-electron chi connectivity index (χ3n) is 9.18. The van der Waals surface area contributed by atoms with Gasteiger partial charge in [0.25, 0.3) is 0 Å². The summed E-state index contributed by atoms with van der Waals surface area (Å²) in [4.78, 5) is 10.2. The second-order valence-electron chi connectivity index (χ2n) is 13.1. The van der Waals surface area contributed by atoms with Gasteiger partial charge in [-0.3, -0.25) is 0 Å². The normalized spacial score (nSPS) is 15.8. The molecule has 0 spiro atoms. The highest BCUT2D eigenvalue weighted by atomic mass is 32.1. The van der Waals surface area contributed by atoms with Crippen molar-refractivity contribution in [3.63, 3.8) is 0 Å². The molecule has 1 saturated heterocycles. The predicted molar refractivity (Wildman–Crippen MR) is 193 cm³/mol. The number of aromatic nitrogens is 1. The lowest BCUT2D eigenvalue weighted by molar-refractivity contribution is -0.0687. The summed E-state index contributed by atoms with van der Waals surface area (Å²) < 4.78 is 15.2. The summed E-state index contributed by atoms with van der Waals surface area (Å²) in [5.41, 5.74) is 2.01. The van der Waals surface area contributed by atoms with Gasteiger partial charge in [-0.25, -0.2) is 4.98 Å². The Balaban J connectivity index is 1.32. The molecule has 0 amide bonds. The van der Waals surface area contributed by atoms with Gasteiger partial charge in [-0.2, -0.15) is 0 Å². The number of rotatable bonds is 10. The van der Waals surface area contributed by atoms with E-state index in [-0.39, 0.29) is 11.3 Å². The van der Waals surface area contributed by atoms with Crippen molar-refractivity contribution in [1.29, 1.82) is 0 Å². The Kier molecular flexibility index (Phi) is 9.71. The topological polar surface area (TPSA) is 37.8 Å². The summed E-state index contributed by atoms with van der Waals surface area (Å²) in [6.07, 6.45) is -0.421. The second kappa shape index (κ2) is 13.9. The van der Waals surface area contributed by atoms with Gasteiger partial charge in [-0.1, -0.05) is 107 Å². The molecule has 1 fully saturated rings. The average molecular weight is 636 g/mol. The minimum absolute atomic E-state index is 0.0168. The number of ether oxygens (including phenoxy) is 1. The molecule has 7 heteroatoms. The minimum atomic E-state index is -2.05. The molecule has 3 heterocycles. The third kappa shape index (κ3) is 7.33. The number of hydrogen-bond donors (Lipinski definition) is 0. The molecule has 1 aliphatic heterocycles. The molecule has 45 heavy (non-hydrogen) atoms. The molecule has 0 N–H and O–H groups in total. The Morgan fingerprint density at radius 2 is 1.51 bits per heavy atom. The summed E-state index contributed by atoms with van der Waals surface area (Å²) in [5, 5.41) is 5.91. The minimum Gasteiger partial charge on any atom is -0.466 e. The zero-order valence-electron chi connectivity index (χ0n) is 27.1. The van der Waals surface area contributed by atoms with Gasteiger partial charge >= 0.3 is 0 Å². The summed E-state index contributed by atoms with van der Waals surface area (Å²) in [6, 6.07) is 34.1. The molecule has 2 aromatic heterocycles. The monoisotopic (exact) mass is 635 g/mol. The van der Waals surface area contributed by atoms with Crippen LogP contribution in [0.5, 0.6) is 5.75 Å². The predicted octanol–water partition coefficient (Wildman–Crippen LogP) is 7.05. The van der Waals surface area contributed by atoms with E-state index in [0.717, 1.165) is 55.5 Å². The van der Waals surface area contributed by atoms with Crippen molar-refractivity contribution in [2.45, 2.75) is 40.9 Å². The molecule has 2 unspecified atom stereocenters. The van der Waals surface area contributed by atoms with Gasteiger partial charge in [-0.05, 0) is 52.0 Å². The van der Waals surface area contributed by atoms with Crippen molar-refractivity contribution >= 4 is 46.7 Å². The Hall–Kier alpha value is -3.49. The van der Waals surface area contributed by atoms with Crippen molar-refractivity contribution in [2.24, 2.45) is 11.3 Å². The van der Waals surface area contributed by atoms with Crippen molar-refractivity contribution < 1.29 is 9.16 Å². The summed E-state index contributed by atoms with van der Waals surface area (Å²) >= 11 is 1.78. The highest BCUT2D eigenvalue weighted by Crippen LogP contribution is 2.36. The first kappa shape index (κ1) is 31.5. The van der Waals surface area contributed by atoms with E-state index in [9.17, 15) is 0 Å². The lowest BCUT2D eigenvalue weighted by Gasteiger charge is -2.36.